The number of hydrogen-bond acceptors (Lipinski definition) is 5. The summed E-state index contributed by atoms with van der Waals surface area (Å²) < 4.78 is 77.9. The largest absolute Gasteiger partial charge is 0.497 e. The van der Waals surface area contributed by atoms with E-state index in [0.717, 1.165) is 18.2 Å². The third kappa shape index (κ3) is 4.14. The topological polar surface area (TPSA) is 97.5 Å². The van der Waals surface area contributed by atoms with Gasteiger partial charge in [0.05, 0.1) is 30.4 Å². The molecule has 7 nitrogen and oxygen atoms in total. The molecule has 0 saturated carbocycles. The maximum Gasteiger partial charge on any atom is 0.417 e. The van der Waals surface area contributed by atoms with Gasteiger partial charge in [-0.1, -0.05) is 0 Å². The normalized spacial score (nSPS) is 12.0. The van der Waals surface area contributed by atoms with Crippen LogP contribution in [-0.4, -0.2) is 27.6 Å². The van der Waals surface area contributed by atoms with Crippen LogP contribution in [0.4, 0.5) is 18.9 Å². The highest BCUT2D eigenvalue weighted by Crippen LogP contribution is 2.35. The smallest absolute Gasteiger partial charge is 0.417 e. The van der Waals surface area contributed by atoms with E-state index < -0.39 is 37.6 Å². The van der Waals surface area contributed by atoms with Crippen molar-refractivity contribution in [2.75, 3.05) is 18.9 Å². The molecule has 154 valence electrons. The molecule has 2 aromatic carbocycles. The Morgan fingerprint density at radius 2 is 1.72 bits per heavy atom. The Bertz CT molecular complexity index is 1240. The number of methoxy groups -OCH3 is 2. The van der Waals surface area contributed by atoms with E-state index in [-0.39, 0.29) is 17.0 Å². The first-order valence-corrected chi connectivity index (χ1v) is 9.52. The first kappa shape index (κ1) is 20.5. The van der Waals surface area contributed by atoms with Gasteiger partial charge in [-0.05, 0) is 30.3 Å². The maximum atomic E-state index is 13.3. The molecule has 1 heterocycles. The number of pyridine rings is 1. The van der Waals surface area contributed by atoms with Crippen molar-refractivity contribution in [1.82, 2.24) is 4.98 Å². The van der Waals surface area contributed by atoms with Gasteiger partial charge in [0, 0.05) is 23.0 Å². The first-order valence-electron chi connectivity index (χ1n) is 8.04. The Balaban J connectivity index is 2.13. The number of nitrogens with one attached hydrogen (secondary N) is 2. The third-order valence-electron chi connectivity index (χ3n) is 4.08. The minimum atomic E-state index is -4.83. The van der Waals surface area contributed by atoms with Crippen molar-refractivity contribution in [3.63, 3.8) is 0 Å². The van der Waals surface area contributed by atoms with Gasteiger partial charge in [-0.3, -0.25) is 9.52 Å². The number of H-pyrrole nitrogens is 1. The van der Waals surface area contributed by atoms with Crippen LogP contribution in [0.3, 0.4) is 0 Å². The van der Waals surface area contributed by atoms with E-state index in [1.807, 2.05) is 0 Å². The summed E-state index contributed by atoms with van der Waals surface area (Å²) in [5.41, 5.74) is -2.26. The molecule has 11 heteroatoms. The molecule has 0 aliphatic carbocycles. The number of halogens is 3. The Labute approximate surface area is 163 Å². The van der Waals surface area contributed by atoms with Crippen molar-refractivity contribution in [2.45, 2.75) is 11.1 Å². The van der Waals surface area contributed by atoms with Crippen LogP contribution in [0.2, 0.25) is 0 Å². The van der Waals surface area contributed by atoms with Gasteiger partial charge in [0.1, 0.15) is 11.5 Å². The average Bonchev–Trinajstić information content (AvgIpc) is 2.65. The highest BCUT2D eigenvalue weighted by atomic mass is 32.2. The van der Waals surface area contributed by atoms with Crippen LogP contribution in [-0.2, 0) is 16.2 Å². The van der Waals surface area contributed by atoms with E-state index in [9.17, 15) is 26.4 Å². The number of hydrogen-bond donors (Lipinski definition) is 2. The molecule has 0 bridgehead atoms. The van der Waals surface area contributed by atoms with E-state index in [4.69, 9.17) is 9.47 Å². The van der Waals surface area contributed by atoms with Crippen LogP contribution in [0.1, 0.15) is 5.56 Å². The van der Waals surface area contributed by atoms with Gasteiger partial charge < -0.3 is 14.5 Å². The van der Waals surface area contributed by atoms with Crippen molar-refractivity contribution >= 4 is 26.6 Å². The number of aromatic amines is 1. The van der Waals surface area contributed by atoms with Crippen LogP contribution < -0.4 is 19.8 Å². The number of aromatic nitrogens is 1. The van der Waals surface area contributed by atoms with Crippen molar-refractivity contribution in [3.8, 4) is 11.5 Å². The number of sulfonamides is 1. The predicted molar refractivity (Wildman–Crippen MR) is 99.9 cm³/mol. The molecule has 3 aromatic rings. The molecule has 0 aliphatic heterocycles. The lowest BCUT2D eigenvalue weighted by molar-refractivity contribution is -0.136. The van der Waals surface area contributed by atoms with Gasteiger partial charge in [0.15, 0.2) is 0 Å². The summed E-state index contributed by atoms with van der Waals surface area (Å²) in [6.45, 7) is 0. The second-order valence-corrected chi connectivity index (χ2v) is 7.61. The monoisotopic (exact) mass is 428 g/mol. The lowest BCUT2D eigenvalue weighted by atomic mass is 10.1. The summed E-state index contributed by atoms with van der Waals surface area (Å²) in [6.07, 6.45) is -4.83. The van der Waals surface area contributed by atoms with Crippen LogP contribution in [0.15, 0.2) is 52.2 Å². The van der Waals surface area contributed by atoms with Gasteiger partial charge in [0.25, 0.3) is 10.0 Å². The summed E-state index contributed by atoms with van der Waals surface area (Å²) in [4.78, 5) is 13.3. The molecule has 0 fully saturated rings. The molecule has 29 heavy (non-hydrogen) atoms. The molecule has 3 rings (SSSR count). The molecule has 0 aliphatic rings. The molecular formula is C18H15F3N2O5S. The molecule has 0 saturated heterocycles. The number of benzene rings is 2. The molecule has 0 atom stereocenters. The van der Waals surface area contributed by atoms with Crippen molar-refractivity contribution in [1.29, 1.82) is 0 Å². The number of anilines is 1. The Kier molecular flexibility index (Phi) is 5.18. The zero-order valence-electron chi connectivity index (χ0n) is 15.1. The third-order valence-corrected chi connectivity index (χ3v) is 5.44. The van der Waals surface area contributed by atoms with E-state index in [0.29, 0.717) is 11.8 Å². The van der Waals surface area contributed by atoms with Gasteiger partial charge in [-0.25, -0.2) is 8.42 Å². The van der Waals surface area contributed by atoms with Gasteiger partial charge in [-0.2, -0.15) is 13.2 Å². The van der Waals surface area contributed by atoms with Crippen LogP contribution in [0, 0.1) is 0 Å². The average molecular weight is 428 g/mol. The van der Waals surface area contributed by atoms with E-state index in [2.05, 4.69) is 9.71 Å². The molecule has 2 N–H and O–H groups in total. The van der Waals surface area contributed by atoms with Crippen LogP contribution in [0.25, 0.3) is 10.9 Å². The van der Waals surface area contributed by atoms with Crippen molar-refractivity contribution in [2.24, 2.45) is 0 Å². The molecule has 1 aromatic heterocycles. The summed E-state index contributed by atoms with van der Waals surface area (Å²) >= 11 is 0. The van der Waals surface area contributed by atoms with Crippen molar-refractivity contribution in [3.05, 3.63) is 58.4 Å². The van der Waals surface area contributed by atoms with Gasteiger partial charge >= 0.3 is 6.18 Å². The fourth-order valence-electron chi connectivity index (χ4n) is 2.73. The fourth-order valence-corrected chi connectivity index (χ4v) is 3.82. The zero-order chi connectivity index (χ0) is 21.4. The molecule has 0 spiro atoms. The summed E-state index contributed by atoms with van der Waals surface area (Å²) in [6, 6.07) is 7.83. The maximum absolute atomic E-state index is 13.3. The number of alkyl halides is 3. The molecule has 0 amide bonds. The molecule has 0 radical (unpaired) electrons. The summed E-state index contributed by atoms with van der Waals surface area (Å²) in [5, 5.41) is -0.447. The minimum Gasteiger partial charge on any atom is -0.497 e. The van der Waals surface area contributed by atoms with Gasteiger partial charge in [0.2, 0.25) is 5.56 Å². The standard InChI is InChI=1S/C18H15F3N2O5S/c1-27-10-3-6-16(28-2)15(7-10)23-29(25,26)11-4-5-14-12(8-11)13(18(19,20)21)9-17(24)22-14/h3-9,23H,1-2H3,(H,22,24). The highest BCUT2D eigenvalue weighted by Gasteiger charge is 2.33. The van der Waals surface area contributed by atoms with E-state index >= 15 is 0 Å². The lowest BCUT2D eigenvalue weighted by Crippen LogP contribution is -2.16. The fraction of sp³-hybridized carbons (Fsp3) is 0.167. The molecule has 0 unspecified atom stereocenters. The Morgan fingerprint density at radius 3 is 2.34 bits per heavy atom. The predicted octanol–water partition coefficient (Wildman–Crippen LogP) is 3.36. The first-order chi connectivity index (χ1) is 13.5. The number of ether oxygens (including phenoxy) is 2. The number of rotatable bonds is 5. The SMILES string of the molecule is COc1ccc(OC)c(NS(=O)(=O)c2ccc3[nH]c(=O)cc(C(F)(F)F)c3c2)c1. The Morgan fingerprint density at radius 1 is 1.00 bits per heavy atom. The van der Waals surface area contributed by atoms with Crippen molar-refractivity contribution < 1.29 is 31.1 Å². The quantitative estimate of drug-likeness (QED) is 0.650. The summed E-state index contributed by atoms with van der Waals surface area (Å²) in [7, 11) is -1.55. The molecular weight excluding hydrogens is 413 g/mol. The zero-order valence-corrected chi connectivity index (χ0v) is 15.9. The van der Waals surface area contributed by atoms with Crippen LogP contribution >= 0.6 is 0 Å². The van der Waals surface area contributed by atoms with Crippen LogP contribution in [0.5, 0.6) is 11.5 Å². The highest BCUT2D eigenvalue weighted by molar-refractivity contribution is 7.92. The second-order valence-electron chi connectivity index (χ2n) is 5.92. The Hall–Kier alpha value is -3.21. The van der Waals surface area contributed by atoms with E-state index in [1.54, 1.807) is 6.07 Å². The van der Waals surface area contributed by atoms with Gasteiger partial charge in [-0.15, -0.1) is 0 Å². The number of fused-ring (bicyclic) bond motifs is 1. The van der Waals surface area contributed by atoms with E-state index in [1.165, 1.54) is 26.4 Å². The summed E-state index contributed by atoms with van der Waals surface area (Å²) in [5.74, 6) is 0.536. The minimum absolute atomic E-state index is 0.0458. The second kappa shape index (κ2) is 7.32. The lowest BCUT2D eigenvalue weighted by Gasteiger charge is -2.14.